The monoisotopic (exact) mass is 449 g/mol. The van der Waals surface area contributed by atoms with Gasteiger partial charge < -0.3 is 10.6 Å². The van der Waals surface area contributed by atoms with Gasteiger partial charge in [-0.15, -0.1) is 0 Å². The Hall–Kier alpha value is -2.09. The summed E-state index contributed by atoms with van der Waals surface area (Å²) in [6.07, 6.45) is 3.96. The molecule has 30 heavy (non-hydrogen) atoms. The van der Waals surface area contributed by atoms with Crippen LogP contribution in [0.5, 0.6) is 0 Å². The molecular formula is C22H28ClN3O3S. The minimum Gasteiger partial charge on any atom is -0.376 e. The topological polar surface area (TPSA) is 78.5 Å². The fourth-order valence-corrected chi connectivity index (χ4v) is 5.13. The molecule has 162 valence electrons. The highest BCUT2D eigenvalue weighted by molar-refractivity contribution is 7.89. The highest BCUT2D eigenvalue weighted by Crippen LogP contribution is 2.22. The van der Waals surface area contributed by atoms with E-state index in [0.29, 0.717) is 23.8 Å². The van der Waals surface area contributed by atoms with Crippen LogP contribution < -0.4 is 10.6 Å². The number of hydrogen-bond donors (Lipinski definition) is 2. The number of hydrogen-bond acceptors (Lipinski definition) is 4. The van der Waals surface area contributed by atoms with E-state index in [0.717, 1.165) is 31.2 Å². The average Bonchev–Trinajstić information content (AvgIpc) is 3.03. The van der Waals surface area contributed by atoms with Gasteiger partial charge in [0, 0.05) is 23.8 Å². The van der Waals surface area contributed by atoms with Crippen molar-refractivity contribution in [3.05, 3.63) is 59.1 Å². The molecule has 2 aromatic rings. The van der Waals surface area contributed by atoms with Crippen LogP contribution in [0.3, 0.4) is 0 Å². The van der Waals surface area contributed by atoms with Gasteiger partial charge in [0.2, 0.25) is 15.9 Å². The molecule has 3 rings (SSSR count). The third-order valence-corrected chi connectivity index (χ3v) is 7.42. The van der Waals surface area contributed by atoms with E-state index in [9.17, 15) is 13.2 Å². The standard InChI is InChI=1S/C22H28ClN3O3S/c1-17(18-6-8-19(23)9-7-18)25-22(27)16-24-20-10-12-21(13-11-20)30(28,29)26-14-4-2-3-5-15-26/h6-13,17,24H,2-5,14-16H2,1H3,(H,25,27). The number of carbonyl (C=O) groups is 1. The first-order valence-electron chi connectivity index (χ1n) is 10.3. The summed E-state index contributed by atoms with van der Waals surface area (Å²) in [6, 6.07) is 13.8. The van der Waals surface area contributed by atoms with Crippen molar-refractivity contribution in [2.45, 2.75) is 43.5 Å². The maximum atomic E-state index is 12.8. The van der Waals surface area contributed by atoms with Gasteiger partial charge in [-0.25, -0.2) is 8.42 Å². The predicted molar refractivity (Wildman–Crippen MR) is 120 cm³/mol. The average molecular weight is 450 g/mol. The maximum Gasteiger partial charge on any atom is 0.243 e. The van der Waals surface area contributed by atoms with E-state index < -0.39 is 10.0 Å². The Morgan fingerprint density at radius 1 is 1.00 bits per heavy atom. The van der Waals surface area contributed by atoms with Crippen LogP contribution in [0.25, 0.3) is 0 Å². The second-order valence-corrected chi connectivity index (χ2v) is 9.91. The minimum absolute atomic E-state index is 0.0934. The van der Waals surface area contributed by atoms with Gasteiger partial charge in [-0.05, 0) is 61.7 Å². The first-order chi connectivity index (χ1) is 14.4. The van der Waals surface area contributed by atoms with Crippen LogP contribution in [0.4, 0.5) is 5.69 Å². The van der Waals surface area contributed by atoms with E-state index in [4.69, 9.17) is 11.6 Å². The number of amides is 1. The lowest BCUT2D eigenvalue weighted by atomic mass is 10.1. The molecule has 1 fully saturated rings. The molecule has 0 spiro atoms. The third kappa shape index (κ3) is 5.97. The van der Waals surface area contributed by atoms with E-state index in [1.54, 1.807) is 40.7 Å². The van der Waals surface area contributed by atoms with Crippen LogP contribution in [-0.4, -0.2) is 38.3 Å². The number of nitrogens with one attached hydrogen (secondary N) is 2. The Bertz CT molecular complexity index is 939. The van der Waals surface area contributed by atoms with Gasteiger partial charge >= 0.3 is 0 Å². The van der Waals surface area contributed by atoms with Gasteiger partial charge in [0.05, 0.1) is 17.5 Å². The number of benzene rings is 2. The first kappa shape index (κ1) is 22.6. The summed E-state index contributed by atoms with van der Waals surface area (Å²) in [6.45, 7) is 3.16. The lowest BCUT2D eigenvalue weighted by molar-refractivity contribution is -0.120. The number of nitrogens with zero attached hydrogens (tertiary/aromatic N) is 1. The van der Waals surface area contributed by atoms with Crippen molar-refractivity contribution >= 4 is 33.2 Å². The van der Waals surface area contributed by atoms with Crippen molar-refractivity contribution in [3.63, 3.8) is 0 Å². The molecule has 0 radical (unpaired) electrons. The van der Waals surface area contributed by atoms with Crippen LogP contribution in [0, 0.1) is 0 Å². The van der Waals surface area contributed by atoms with Gasteiger partial charge in [-0.1, -0.05) is 36.6 Å². The summed E-state index contributed by atoms with van der Waals surface area (Å²) in [5, 5.41) is 6.61. The van der Waals surface area contributed by atoms with Crippen molar-refractivity contribution < 1.29 is 13.2 Å². The van der Waals surface area contributed by atoms with Crippen LogP contribution in [0.1, 0.15) is 44.2 Å². The fourth-order valence-electron chi connectivity index (χ4n) is 3.49. The van der Waals surface area contributed by atoms with Crippen LogP contribution in [-0.2, 0) is 14.8 Å². The number of rotatable bonds is 7. The van der Waals surface area contributed by atoms with Crippen LogP contribution in [0.15, 0.2) is 53.4 Å². The number of sulfonamides is 1. The van der Waals surface area contributed by atoms with Crippen molar-refractivity contribution in [1.82, 2.24) is 9.62 Å². The molecule has 8 heteroatoms. The predicted octanol–water partition coefficient (Wildman–Crippen LogP) is 4.19. The lowest BCUT2D eigenvalue weighted by Gasteiger charge is -2.20. The SMILES string of the molecule is CC(NC(=O)CNc1ccc(S(=O)(=O)N2CCCCCC2)cc1)c1ccc(Cl)cc1. The summed E-state index contributed by atoms with van der Waals surface area (Å²) in [4.78, 5) is 12.5. The van der Waals surface area contributed by atoms with Crippen molar-refractivity contribution in [1.29, 1.82) is 0 Å². The quantitative estimate of drug-likeness (QED) is 0.664. The normalized spacial score (nSPS) is 16.5. The van der Waals surface area contributed by atoms with Gasteiger partial charge in [-0.2, -0.15) is 4.31 Å². The highest BCUT2D eigenvalue weighted by Gasteiger charge is 2.24. The van der Waals surface area contributed by atoms with E-state index in [1.807, 2.05) is 19.1 Å². The molecule has 0 bridgehead atoms. The molecule has 1 unspecified atom stereocenters. The summed E-state index contributed by atoms with van der Waals surface area (Å²) in [5.41, 5.74) is 1.66. The van der Waals surface area contributed by atoms with E-state index in [1.165, 1.54) is 0 Å². The molecule has 2 N–H and O–H groups in total. The van der Waals surface area contributed by atoms with Crippen molar-refractivity contribution in [2.24, 2.45) is 0 Å². The van der Waals surface area contributed by atoms with Gasteiger partial charge in [-0.3, -0.25) is 4.79 Å². The highest BCUT2D eigenvalue weighted by atomic mass is 35.5. The van der Waals surface area contributed by atoms with Crippen molar-refractivity contribution in [2.75, 3.05) is 25.0 Å². The van der Waals surface area contributed by atoms with E-state index >= 15 is 0 Å². The molecule has 1 atom stereocenters. The number of halogens is 1. The molecule has 0 aliphatic carbocycles. The van der Waals surface area contributed by atoms with E-state index in [-0.39, 0.29) is 23.4 Å². The molecule has 1 heterocycles. The molecular weight excluding hydrogens is 422 g/mol. The summed E-state index contributed by atoms with van der Waals surface area (Å²) in [7, 11) is -3.47. The molecule has 1 aliphatic heterocycles. The summed E-state index contributed by atoms with van der Waals surface area (Å²) in [5.74, 6) is -0.154. The molecule has 1 aliphatic rings. The first-order valence-corrected chi connectivity index (χ1v) is 12.1. The molecule has 0 saturated carbocycles. The molecule has 6 nitrogen and oxygen atoms in total. The Morgan fingerprint density at radius 2 is 1.60 bits per heavy atom. The molecule has 1 amide bonds. The Balaban J connectivity index is 1.53. The number of carbonyl (C=O) groups excluding carboxylic acids is 1. The second kappa shape index (κ2) is 10.3. The van der Waals surface area contributed by atoms with Crippen LogP contribution >= 0.6 is 11.6 Å². The van der Waals surface area contributed by atoms with E-state index in [2.05, 4.69) is 10.6 Å². The van der Waals surface area contributed by atoms with Crippen molar-refractivity contribution in [3.8, 4) is 0 Å². The maximum absolute atomic E-state index is 12.8. The largest absolute Gasteiger partial charge is 0.376 e. The zero-order valence-electron chi connectivity index (χ0n) is 17.1. The lowest BCUT2D eigenvalue weighted by Crippen LogP contribution is -2.32. The van der Waals surface area contributed by atoms with Crippen LogP contribution in [0.2, 0.25) is 5.02 Å². The summed E-state index contributed by atoms with van der Waals surface area (Å²) < 4.78 is 27.2. The second-order valence-electron chi connectivity index (χ2n) is 7.54. The number of anilines is 1. The smallest absolute Gasteiger partial charge is 0.243 e. The molecule has 2 aromatic carbocycles. The summed E-state index contributed by atoms with van der Waals surface area (Å²) >= 11 is 5.89. The van der Waals surface area contributed by atoms with Gasteiger partial charge in [0.1, 0.15) is 0 Å². The Kier molecular flexibility index (Phi) is 7.75. The molecule has 1 saturated heterocycles. The Morgan fingerprint density at radius 3 is 2.20 bits per heavy atom. The minimum atomic E-state index is -3.47. The Labute approximate surface area is 183 Å². The third-order valence-electron chi connectivity index (χ3n) is 5.26. The fraction of sp³-hybridized carbons (Fsp3) is 0.409. The molecule has 0 aromatic heterocycles. The van der Waals surface area contributed by atoms with Gasteiger partial charge in [0.15, 0.2) is 0 Å². The zero-order chi connectivity index (χ0) is 21.6. The zero-order valence-corrected chi connectivity index (χ0v) is 18.7. The van der Waals surface area contributed by atoms with Gasteiger partial charge in [0.25, 0.3) is 0 Å².